The third-order valence-electron chi connectivity index (χ3n) is 4.26. The molecule has 4 atom stereocenters. The number of primary amides is 1. The molecule has 0 aliphatic heterocycles. The second kappa shape index (κ2) is 15.7. The number of carboxylic acids is 1. The molecule has 12 N–H and O–H groups in total. The first-order chi connectivity index (χ1) is 15.4. The van der Waals surface area contributed by atoms with E-state index >= 15 is 0 Å². The lowest BCUT2D eigenvalue weighted by molar-refractivity contribution is -0.142. The molecule has 0 radical (unpaired) electrons. The Bertz CT molecular complexity index is 729. The van der Waals surface area contributed by atoms with Crippen LogP contribution >= 0.6 is 11.8 Å². The van der Waals surface area contributed by atoms with Crippen LogP contribution in [0.15, 0.2) is 4.99 Å². The minimum Gasteiger partial charge on any atom is -0.480 e. The van der Waals surface area contributed by atoms with E-state index < -0.39 is 60.2 Å². The molecule has 0 saturated heterocycles. The van der Waals surface area contributed by atoms with Gasteiger partial charge in [0.05, 0.1) is 12.5 Å². The second-order valence-corrected chi connectivity index (χ2v) is 8.20. The predicted octanol–water partition coefficient (Wildman–Crippen LogP) is -3.45. The average Bonchev–Trinajstić information content (AvgIpc) is 2.71. The van der Waals surface area contributed by atoms with Gasteiger partial charge in [-0.25, -0.2) is 4.79 Å². The number of carboxylic acid groups (broad SMARTS) is 1. The van der Waals surface area contributed by atoms with Gasteiger partial charge in [0.1, 0.15) is 18.1 Å². The van der Waals surface area contributed by atoms with E-state index in [9.17, 15) is 29.1 Å². The van der Waals surface area contributed by atoms with Gasteiger partial charge < -0.3 is 44.0 Å². The summed E-state index contributed by atoms with van der Waals surface area (Å²) in [6, 6.07) is -4.65. The Morgan fingerprint density at radius 3 is 1.94 bits per heavy atom. The van der Waals surface area contributed by atoms with Gasteiger partial charge in [-0.1, -0.05) is 0 Å². The van der Waals surface area contributed by atoms with Gasteiger partial charge in [0.25, 0.3) is 0 Å². The van der Waals surface area contributed by atoms with E-state index in [4.69, 9.17) is 22.9 Å². The van der Waals surface area contributed by atoms with Crippen molar-refractivity contribution in [3.63, 3.8) is 0 Å². The van der Waals surface area contributed by atoms with Crippen molar-refractivity contribution in [2.24, 2.45) is 27.9 Å². The van der Waals surface area contributed by atoms with E-state index in [0.717, 1.165) is 0 Å². The number of rotatable bonds is 16. The van der Waals surface area contributed by atoms with Crippen molar-refractivity contribution >= 4 is 47.3 Å². The quantitative estimate of drug-likeness (QED) is 0.0602. The molecule has 14 nitrogen and oxygen atoms in total. The summed E-state index contributed by atoms with van der Waals surface area (Å²) < 4.78 is 0. The van der Waals surface area contributed by atoms with Crippen molar-refractivity contribution in [3.05, 3.63) is 0 Å². The number of amides is 4. The Labute approximate surface area is 196 Å². The van der Waals surface area contributed by atoms with Gasteiger partial charge in [0.15, 0.2) is 5.96 Å². The third-order valence-corrected chi connectivity index (χ3v) is 4.90. The van der Waals surface area contributed by atoms with Gasteiger partial charge in [-0.05, 0) is 38.2 Å². The van der Waals surface area contributed by atoms with Crippen LogP contribution in [0.5, 0.6) is 0 Å². The van der Waals surface area contributed by atoms with Gasteiger partial charge in [-0.15, -0.1) is 0 Å². The summed E-state index contributed by atoms with van der Waals surface area (Å²) in [5, 5.41) is 16.5. The van der Waals surface area contributed by atoms with Crippen molar-refractivity contribution in [1.29, 1.82) is 0 Å². The number of hydrogen-bond acceptors (Lipinski definition) is 8. The van der Waals surface area contributed by atoms with E-state index in [1.165, 1.54) is 18.7 Å². The minimum absolute atomic E-state index is 0.00408. The van der Waals surface area contributed by atoms with Crippen LogP contribution in [0.4, 0.5) is 0 Å². The van der Waals surface area contributed by atoms with Crippen LogP contribution in [-0.2, 0) is 24.0 Å². The summed E-state index contributed by atoms with van der Waals surface area (Å²) in [5.41, 5.74) is 21.1. The molecule has 0 aliphatic carbocycles. The van der Waals surface area contributed by atoms with E-state index in [0.29, 0.717) is 5.75 Å². The summed E-state index contributed by atoms with van der Waals surface area (Å²) in [7, 11) is 0. The Kier molecular flexibility index (Phi) is 14.2. The topological polar surface area (TPSA) is 258 Å². The first kappa shape index (κ1) is 29.9. The molecule has 0 fully saturated rings. The molecule has 0 aliphatic rings. The molecule has 0 aromatic heterocycles. The standard InChI is InChI=1S/C18H34N8O6S/c1-9(19)14(28)24-10(5-7-33-2)15(29)26-12(8-13(20)27)16(30)25-11(17(31)32)4-3-6-23-18(21)22/h9-12H,3-8,19H2,1-2H3,(H2,20,27)(H,24,28)(H,25,30)(H,26,29)(H,31,32)(H4,21,22,23). The number of nitrogens with one attached hydrogen (secondary N) is 3. The predicted molar refractivity (Wildman–Crippen MR) is 124 cm³/mol. The smallest absolute Gasteiger partial charge is 0.326 e. The molecular weight excluding hydrogens is 456 g/mol. The zero-order chi connectivity index (χ0) is 25.6. The number of hydrogen-bond donors (Lipinski definition) is 8. The van der Waals surface area contributed by atoms with Crippen molar-refractivity contribution < 1.29 is 29.1 Å². The van der Waals surface area contributed by atoms with Crippen molar-refractivity contribution in [2.75, 3.05) is 18.6 Å². The van der Waals surface area contributed by atoms with Crippen LogP contribution in [0.25, 0.3) is 0 Å². The van der Waals surface area contributed by atoms with Crippen LogP contribution in [0.1, 0.15) is 32.6 Å². The number of carbonyl (C=O) groups excluding carboxylic acids is 4. The van der Waals surface area contributed by atoms with Crippen molar-refractivity contribution in [1.82, 2.24) is 16.0 Å². The number of nitrogens with zero attached hydrogens (tertiary/aromatic N) is 1. The van der Waals surface area contributed by atoms with E-state index in [2.05, 4.69) is 20.9 Å². The summed E-state index contributed by atoms with van der Waals surface area (Å²) in [5.74, 6) is -4.07. The average molecular weight is 491 g/mol. The SMILES string of the molecule is CSCCC(NC(=O)C(C)N)C(=O)NC(CC(N)=O)C(=O)NC(CCCN=C(N)N)C(=O)O. The highest BCUT2D eigenvalue weighted by molar-refractivity contribution is 7.98. The Hall–Kier alpha value is -3.07. The molecule has 4 amide bonds. The molecule has 0 rings (SSSR count). The zero-order valence-corrected chi connectivity index (χ0v) is 19.5. The Morgan fingerprint density at radius 2 is 1.45 bits per heavy atom. The van der Waals surface area contributed by atoms with Gasteiger partial charge in [0.2, 0.25) is 23.6 Å². The van der Waals surface area contributed by atoms with Crippen LogP contribution in [-0.4, -0.2) is 83.4 Å². The molecule has 15 heteroatoms. The Morgan fingerprint density at radius 1 is 0.909 bits per heavy atom. The number of guanidine groups is 1. The molecular formula is C18H34N8O6S. The number of carbonyl (C=O) groups is 5. The molecule has 0 aromatic rings. The first-order valence-corrected chi connectivity index (χ1v) is 11.5. The summed E-state index contributed by atoms with van der Waals surface area (Å²) in [6.07, 6.45) is 1.72. The monoisotopic (exact) mass is 490 g/mol. The molecule has 33 heavy (non-hydrogen) atoms. The number of aliphatic imine (C=N–C) groups is 1. The maximum atomic E-state index is 12.7. The highest BCUT2D eigenvalue weighted by Gasteiger charge is 2.30. The third kappa shape index (κ3) is 13.2. The van der Waals surface area contributed by atoms with Gasteiger partial charge in [-0.3, -0.25) is 24.2 Å². The molecule has 0 heterocycles. The summed E-state index contributed by atoms with van der Waals surface area (Å²) >= 11 is 1.44. The lowest BCUT2D eigenvalue weighted by Crippen LogP contribution is -2.57. The molecule has 0 aromatic carbocycles. The second-order valence-electron chi connectivity index (χ2n) is 7.21. The number of aliphatic carboxylic acids is 1. The van der Waals surface area contributed by atoms with Crippen molar-refractivity contribution in [3.8, 4) is 0 Å². The fourth-order valence-corrected chi connectivity index (χ4v) is 3.00. The van der Waals surface area contributed by atoms with Gasteiger partial charge in [-0.2, -0.15) is 11.8 Å². The maximum absolute atomic E-state index is 12.7. The number of thioether (sulfide) groups is 1. The summed E-state index contributed by atoms with van der Waals surface area (Å²) in [4.78, 5) is 64.0. The lowest BCUT2D eigenvalue weighted by Gasteiger charge is -2.24. The zero-order valence-electron chi connectivity index (χ0n) is 18.7. The molecule has 0 saturated carbocycles. The fourth-order valence-electron chi connectivity index (χ4n) is 2.52. The minimum atomic E-state index is -1.45. The van der Waals surface area contributed by atoms with E-state index in [-0.39, 0.29) is 31.8 Å². The summed E-state index contributed by atoms with van der Waals surface area (Å²) in [6.45, 7) is 1.60. The fraction of sp³-hybridized carbons (Fsp3) is 0.667. The first-order valence-electron chi connectivity index (χ1n) is 10.1. The van der Waals surface area contributed by atoms with Crippen LogP contribution in [0, 0.1) is 0 Å². The van der Waals surface area contributed by atoms with Crippen molar-refractivity contribution in [2.45, 2.75) is 56.8 Å². The highest BCUT2D eigenvalue weighted by atomic mass is 32.2. The van der Waals surface area contributed by atoms with Crippen LogP contribution in [0.3, 0.4) is 0 Å². The van der Waals surface area contributed by atoms with Crippen LogP contribution in [0.2, 0.25) is 0 Å². The van der Waals surface area contributed by atoms with Crippen LogP contribution < -0.4 is 38.9 Å². The van der Waals surface area contributed by atoms with Gasteiger partial charge >= 0.3 is 5.97 Å². The molecule has 0 spiro atoms. The molecule has 188 valence electrons. The van der Waals surface area contributed by atoms with Gasteiger partial charge in [0, 0.05) is 6.54 Å². The Balaban J connectivity index is 5.35. The van der Waals surface area contributed by atoms with E-state index in [1.54, 1.807) is 0 Å². The number of nitrogens with two attached hydrogens (primary N) is 4. The maximum Gasteiger partial charge on any atom is 0.326 e. The van der Waals surface area contributed by atoms with E-state index in [1.807, 2.05) is 6.26 Å². The molecule has 4 unspecified atom stereocenters. The highest BCUT2D eigenvalue weighted by Crippen LogP contribution is 2.05. The lowest BCUT2D eigenvalue weighted by atomic mass is 10.1. The normalized spacial score (nSPS) is 14.2. The largest absolute Gasteiger partial charge is 0.480 e. The molecule has 0 bridgehead atoms.